The predicted octanol–water partition coefficient (Wildman–Crippen LogP) is 15.1. The summed E-state index contributed by atoms with van der Waals surface area (Å²) in [4.78, 5) is 16.8. The Morgan fingerprint density at radius 3 is 1.32 bits per heavy atom. The molecule has 65 heavy (non-hydrogen) atoms. The van der Waals surface area contributed by atoms with Gasteiger partial charge in [0, 0.05) is 177 Å². The van der Waals surface area contributed by atoms with Gasteiger partial charge in [-0.25, -0.2) is 6.07 Å². The van der Waals surface area contributed by atoms with Crippen LogP contribution in [0.2, 0.25) is 0 Å². The molecule has 8 aromatic heterocycles. The van der Waals surface area contributed by atoms with Crippen LogP contribution in [-0.2, 0) is 153 Å². The van der Waals surface area contributed by atoms with Crippen molar-refractivity contribution < 1.29 is 131 Å². The Kier molecular flexibility index (Phi) is 39.7. The summed E-state index contributed by atoms with van der Waals surface area (Å²) in [5, 5.41) is 3.29. The van der Waals surface area contributed by atoms with Crippen LogP contribution in [-0.4, -0.2) is 38.2 Å². The number of hydrogen-bond donors (Lipinski definition) is 0. The Bertz CT molecular complexity index is 2040. The summed E-state index contributed by atoms with van der Waals surface area (Å²) in [6.07, 6.45) is 18.9. The van der Waals surface area contributed by atoms with Crippen molar-refractivity contribution in [3.63, 3.8) is 0 Å². The molecule has 8 aromatic rings. The number of rotatable bonds is 0. The number of pyridine rings is 4. The van der Waals surface area contributed by atoms with Crippen LogP contribution in [0.15, 0.2) is 98.4 Å². The molecule has 0 fully saturated rings. The molecule has 0 bridgehead atoms. The van der Waals surface area contributed by atoms with Gasteiger partial charge >= 0.3 is 0 Å². The molecular weight excluding hydrogens is 1100 g/mol. The van der Waals surface area contributed by atoms with Crippen molar-refractivity contribution >= 4 is 43.9 Å². The molecular formula is C53H80N8Y4-4. The third kappa shape index (κ3) is 22.2. The van der Waals surface area contributed by atoms with E-state index in [0.29, 0.717) is 0 Å². The van der Waals surface area contributed by atoms with Gasteiger partial charge in [-0.05, 0) is 101 Å². The van der Waals surface area contributed by atoms with E-state index in [1.54, 1.807) is 12.4 Å². The van der Waals surface area contributed by atoms with Crippen LogP contribution in [0.25, 0.3) is 43.9 Å². The Morgan fingerprint density at radius 1 is 0.385 bits per heavy atom. The largest absolute Gasteiger partial charge is 0.435 e. The molecule has 0 aliphatic carbocycles. The molecule has 0 amide bonds. The third-order valence-corrected chi connectivity index (χ3v) is 8.45. The summed E-state index contributed by atoms with van der Waals surface area (Å²) in [7, 11) is 0. The first-order chi connectivity index (χ1) is 28.4. The summed E-state index contributed by atoms with van der Waals surface area (Å²) in [6.45, 7) is 42.1. The standard InChI is InChI=1S/4C11H13N2.4C2H6.CH4.4Y/c1-11(2,3)13-7-5-9-8-12-6-4-10(9)13;1-11(2,3)13-7-5-9-4-6-12-8-10(9)13;1-11(2,3)13-8-6-9-10(13)5-4-7-12-9;1-11(2,3)13-8-6-9-5-4-7-12-10(9)13;4*1-2;;;;;/h2*4,6-8H,1-3H3;2*4-5,7-8H,1-3H3;4*1-2H3;1H4;;;;/q4*-1;;;;;;;;;. The van der Waals surface area contributed by atoms with Gasteiger partial charge in [-0.3, -0.25) is 9.97 Å². The van der Waals surface area contributed by atoms with Gasteiger partial charge in [-0.1, -0.05) is 116 Å². The van der Waals surface area contributed by atoms with E-state index in [-0.39, 0.29) is 160 Å². The van der Waals surface area contributed by atoms with Gasteiger partial charge in [0.15, 0.2) is 0 Å². The molecule has 348 valence electrons. The first-order valence-corrected chi connectivity index (χ1v) is 21.7. The first-order valence-electron chi connectivity index (χ1n) is 21.7. The number of hydrogen-bond acceptors (Lipinski definition) is 4. The van der Waals surface area contributed by atoms with Crippen molar-refractivity contribution in [3.05, 3.63) is 123 Å². The first kappa shape index (κ1) is 73.1. The molecule has 0 saturated carbocycles. The molecule has 0 aliphatic rings. The van der Waals surface area contributed by atoms with Crippen LogP contribution in [0, 0.1) is 24.3 Å². The van der Waals surface area contributed by atoms with Crippen LogP contribution in [0.5, 0.6) is 0 Å². The van der Waals surface area contributed by atoms with Crippen molar-refractivity contribution in [2.24, 2.45) is 0 Å². The van der Waals surface area contributed by atoms with Crippen molar-refractivity contribution in [1.29, 1.82) is 0 Å². The molecule has 0 atom stereocenters. The maximum Gasteiger partial charge on any atom is 0.0264 e. The van der Waals surface area contributed by atoms with Crippen LogP contribution >= 0.6 is 0 Å². The normalized spacial score (nSPS) is 10.2. The quantitative estimate of drug-likeness (QED) is 0.142. The molecule has 0 spiro atoms. The number of fused-ring (bicyclic) bond motifs is 4. The van der Waals surface area contributed by atoms with Crippen LogP contribution in [0.3, 0.4) is 0 Å². The summed E-state index contributed by atoms with van der Waals surface area (Å²) in [5.41, 5.74) is 5.83. The number of nitrogens with zero attached hydrogens (tertiary/aromatic N) is 8. The molecule has 12 heteroatoms. The minimum Gasteiger partial charge on any atom is -0.435 e. The van der Waals surface area contributed by atoms with E-state index in [1.807, 2.05) is 135 Å². The Labute approximate surface area is 497 Å². The summed E-state index contributed by atoms with van der Waals surface area (Å²) in [6, 6.07) is 24.8. The van der Waals surface area contributed by atoms with Crippen molar-refractivity contribution in [2.45, 2.75) is 168 Å². The van der Waals surface area contributed by atoms with Gasteiger partial charge in [0.2, 0.25) is 0 Å². The zero-order chi connectivity index (χ0) is 45.9. The van der Waals surface area contributed by atoms with Gasteiger partial charge in [-0.2, -0.15) is 35.0 Å². The maximum atomic E-state index is 4.34. The predicted molar refractivity (Wildman–Crippen MR) is 266 cm³/mol. The monoisotopic (exact) mass is 1180 g/mol. The average Bonchev–Trinajstić information content (AvgIpc) is 4.05. The van der Waals surface area contributed by atoms with E-state index in [9.17, 15) is 0 Å². The zero-order valence-electron chi connectivity index (χ0n) is 43.1. The second kappa shape index (κ2) is 35.3. The fourth-order valence-electron chi connectivity index (χ4n) is 5.79. The SMILES string of the molecule is C.CC.CC.CC.CC.CC(C)(C)n1c[c-]c2cccnc21.CC(C)(C)n1c[c-]c2ccncc21.CC(C)(C)n1c[c-]c2cnccc21.CC(C)(C)n1c[c-]c2ncccc21.[Y].[Y].[Y].[Y]. The third-order valence-electron chi connectivity index (χ3n) is 8.45. The van der Waals surface area contributed by atoms with E-state index >= 15 is 0 Å². The molecule has 0 N–H and O–H groups in total. The molecule has 8 rings (SSSR count). The van der Waals surface area contributed by atoms with E-state index in [0.717, 1.165) is 38.4 Å². The number of aromatic nitrogens is 8. The van der Waals surface area contributed by atoms with Crippen molar-refractivity contribution in [2.75, 3.05) is 0 Å². The van der Waals surface area contributed by atoms with E-state index < -0.39 is 0 Å². The zero-order valence-corrected chi connectivity index (χ0v) is 54.5. The molecule has 0 unspecified atom stereocenters. The summed E-state index contributed by atoms with van der Waals surface area (Å²) in [5.74, 6) is 0. The Hall–Kier alpha value is -0.824. The van der Waals surface area contributed by atoms with Crippen LogP contribution in [0.1, 0.15) is 146 Å². The van der Waals surface area contributed by atoms with Crippen molar-refractivity contribution in [3.8, 4) is 0 Å². The topological polar surface area (TPSA) is 71.3 Å². The van der Waals surface area contributed by atoms with E-state index in [2.05, 4.69) is 152 Å². The Morgan fingerprint density at radius 2 is 0.785 bits per heavy atom. The molecule has 0 aromatic carbocycles. The van der Waals surface area contributed by atoms with Gasteiger partial charge in [-0.15, -0.1) is 29.8 Å². The summed E-state index contributed by atoms with van der Waals surface area (Å²) >= 11 is 0. The maximum absolute atomic E-state index is 4.34. The molecule has 0 saturated heterocycles. The minimum absolute atomic E-state index is 0. The molecule has 8 nitrogen and oxygen atoms in total. The smallest absolute Gasteiger partial charge is 0.0264 e. The molecule has 4 radical (unpaired) electrons. The second-order valence-corrected chi connectivity index (χ2v) is 16.8. The fraction of sp³-hybridized carbons (Fsp3) is 0.472. The minimum atomic E-state index is 0. The molecule has 8 heterocycles. The van der Waals surface area contributed by atoms with Gasteiger partial charge < -0.3 is 28.2 Å². The van der Waals surface area contributed by atoms with Crippen LogP contribution < -0.4 is 0 Å². The van der Waals surface area contributed by atoms with E-state index in [1.165, 1.54) is 5.52 Å². The summed E-state index contributed by atoms with van der Waals surface area (Å²) < 4.78 is 8.73. The fourth-order valence-corrected chi connectivity index (χ4v) is 5.79. The van der Waals surface area contributed by atoms with Crippen LogP contribution in [0.4, 0.5) is 0 Å². The second-order valence-electron chi connectivity index (χ2n) is 16.8. The molecule has 0 aliphatic heterocycles. The van der Waals surface area contributed by atoms with Gasteiger partial charge in [0.25, 0.3) is 0 Å². The van der Waals surface area contributed by atoms with E-state index in [4.69, 9.17) is 0 Å². The van der Waals surface area contributed by atoms with Gasteiger partial charge in [0.05, 0.1) is 0 Å². The van der Waals surface area contributed by atoms with Crippen molar-refractivity contribution in [1.82, 2.24) is 38.2 Å². The Balaban J connectivity index is -0.000000228. The van der Waals surface area contributed by atoms with Gasteiger partial charge in [0.1, 0.15) is 0 Å². The average molecular weight is 1180 g/mol.